The van der Waals surface area contributed by atoms with Crippen molar-refractivity contribution in [1.29, 1.82) is 0 Å². The van der Waals surface area contributed by atoms with Crippen LogP contribution in [-0.4, -0.2) is 15.0 Å². The van der Waals surface area contributed by atoms with Gasteiger partial charge < -0.3 is 11.1 Å². The van der Waals surface area contributed by atoms with Gasteiger partial charge in [0, 0.05) is 11.1 Å². The average Bonchev–Trinajstić information content (AvgIpc) is 2.97. The Morgan fingerprint density at radius 1 is 1.24 bits per heavy atom. The zero-order valence-electron chi connectivity index (χ0n) is 12.0. The number of para-hydroxylation sites is 2. The molecule has 0 fully saturated rings. The molecule has 1 unspecified atom stereocenters. The molecule has 3 N–H and O–H groups in total. The molecule has 6 heteroatoms. The number of aryl methyl sites for hydroxylation is 1. The topological polar surface area (TPSA) is 76.7 Å². The van der Waals surface area contributed by atoms with Crippen molar-refractivity contribution >= 4 is 34.0 Å². The van der Waals surface area contributed by atoms with Crippen molar-refractivity contribution in [1.82, 2.24) is 15.0 Å². The van der Waals surface area contributed by atoms with Crippen LogP contribution in [0.1, 0.15) is 29.8 Å². The van der Waals surface area contributed by atoms with E-state index in [-0.39, 0.29) is 6.04 Å². The van der Waals surface area contributed by atoms with E-state index in [9.17, 15) is 0 Å². The maximum absolute atomic E-state index is 5.99. The number of thiazole rings is 1. The number of nitrogens with one attached hydrogen (secondary N) is 1. The van der Waals surface area contributed by atoms with E-state index < -0.39 is 0 Å². The summed E-state index contributed by atoms with van der Waals surface area (Å²) in [5.41, 5.74) is 7.62. The maximum atomic E-state index is 5.99. The maximum Gasteiger partial charge on any atom is 0.170 e. The second-order valence-corrected chi connectivity index (χ2v) is 5.98. The van der Waals surface area contributed by atoms with Crippen LogP contribution in [0.2, 0.25) is 0 Å². The summed E-state index contributed by atoms with van der Waals surface area (Å²) in [6, 6.07) is 7.74. The molecule has 2 heterocycles. The average molecular weight is 299 g/mol. The molecule has 0 amide bonds. The first-order chi connectivity index (χ1) is 10.2. The first kappa shape index (κ1) is 13.8. The van der Waals surface area contributed by atoms with Crippen LogP contribution in [0.5, 0.6) is 0 Å². The molecular formula is C15H17N5S. The number of nitrogens with zero attached hydrogens (tertiary/aromatic N) is 3. The van der Waals surface area contributed by atoms with E-state index in [1.807, 2.05) is 30.5 Å². The van der Waals surface area contributed by atoms with Gasteiger partial charge in [0.05, 0.1) is 17.1 Å². The Hall–Kier alpha value is -2.21. The van der Waals surface area contributed by atoms with Gasteiger partial charge in [0.25, 0.3) is 0 Å². The van der Waals surface area contributed by atoms with Gasteiger partial charge in [-0.15, -0.1) is 11.3 Å². The molecule has 2 aromatic heterocycles. The Kier molecular flexibility index (Phi) is 3.70. The summed E-state index contributed by atoms with van der Waals surface area (Å²) in [6.07, 6.45) is 2.93. The molecule has 21 heavy (non-hydrogen) atoms. The Morgan fingerprint density at radius 2 is 1.95 bits per heavy atom. The predicted octanol–water partition coefficient (Wildman–Crippen LogP) is 3.40. The van der Waals surface area contributed by atoms with Crippen molar-refractivity contribution in [2.24, 2.45) is 0 Å². The van der Waals surface area contributed by atoms with E-state index in [0.29, 0.717) is 11.6 Å². The Labute approximate surface area is 127 Å². The summed E-state index contributed by atoms with van der Waals surface area (Å²) in [4.78, 5) is 14.6. The highest BCUT2D eigenvalue weighted by Gasteiger charge is 2.13. The zero-order chi connectivity index (χ0) is 14.8. The van der Waals surface area contributed by atoms with Crippen LogP contribution in [0.4, 0.5) is 11.6 Å². The number of benzene rings is 1. The quantitative estimate of drug-likeness (QED) is 0.772. The summed E-state index contributed by atoms with van der Waals surface area (Å²) in [5, 5.41) is 4.33. The van der Waals surface area contributed by atoms with Crippen LogP contribution in [0.3, 0.4) is 0 Å². The molecular weight excluding hydrogens is 282 g/mol. The highest BCUT2D eigenvalue weighted by atomic mass is 32.1. The third-order valence-electron chi connectivity index (χ3n) is 3.24. The Balaban J connectivity index is 1.88. The number of rotatable bonds is 4. The smallest absolute Gasteiger partial charge is 0.170 e. The van der Waals surface area contributed by atoms with E-state index in [2.05, 4.69) is 34.1 Å². The standard InChI is InChI=1S/C15H17N5S/c1-3-10-8-17-15(21-10)9(2)18-14-13(16)19-11-6-4-5-7-12(11)20-14/h4-9H,3H2,1-2H3,(H2,16,19)(H,18,20). The van der Waals surface area contributed by atoms with Crippen LogP contribution in [0.25, 0.3) is 11.0 Å². The lowest BCUT2D eigenvalue weighted by molar-refractivity contribution is 0.861. The second kappa shape index (κ2) is 5.65. The van der Waals surface area contributed by atoms with Crippen LogP contribution >= 0.6 is 11.3 Å². The minimum absolute atomic E-state index is 0.0491. The normalized spacial score (nSPS) is 12.5. The first-order valence-electron chi connectivity index (χ1n) is 6.90. The van der Waals surface area contributed by atoms with Crippen LogP contribution in [0, 0.1) is 0 Å². The first-order valence-corrected chi connectivity index (χ1v) is 7.72. The molecule has 3 aromatic rings. The van der Waals surface area contributed by atoms with Crippen molar-refractivity contribution in [3.8, 4) is 0 Å². The van der Waals surface area contributed by atoms with Crippen LogP contribution < -0.4 is 11.1 Å². The summed E-state index contributed by atoms with van der Waals surface area (Å²) in [6.45, 7) is 4.18. The molecule has 1 atom stereocenters. The number of nitrogen functional groups attached to an aromatic ring is 1. The molecule has 0 aliphatic heterocycles. The van der Waals surface area contributed by atoms with Gasteiger partial charge in [-0.05, 0) is 25.5 Å². The summed E-state index contributed by atoms with van der Waals surface area (Å²) in [5.74, 6) is 1.02. The molecule has 0 spiro atoms. The number of nitrogens with two attached hydrogens (primary N) is 1. The van der Waals surface area contributed by atoms with E-state index >= 15 is 0 Å². The number of hydrogen-bond acceptors (Lipinski definition) is 6. The number of aromatic nitrogens is 3. The third-order valence-corrected chi connectivity index (χ3v) is 4.57. The molecule has 0 bridgehead atoms. The SMILES string of the molecule is CCc1cnc(C(C)Nc2nc3ccccc3nc2N)s1. The molecule has 108 valence electrons. The van der Waals surface area contributed by atoms with Crippen molar-refractivity contribution in [3.63, 3.8) is 0 Å². The highest BCUT2D eigenvalue weighted by molar-refractivity contribution is 7.11. The number of anilines is 2. The minimum atomic E-state index is 0.0491. The molecule has 3 rings (SSSR count). The summed E-state index contributed by atoms with van der Waals surface area (Å²) in [7, 11) is 0. The van der Waals surface area contributed by atoms with Gasteiger partial charge in [-0.2, -0.15) is 0 Å². The van der Waals surface area contributed by atoms with Crippen molar-refractivity contribution in [3.05, 3.63) is 40.3 Å². The van der Waals surface area contributed by atoms with E-state index in [0.717, 1.165) is 22.5 Å². The second-order valence-electron chi connectivity index (χ2n) is 4.83. The predicted molar refractivity (Wildman–Crippen MR) is 87.5 cm³/mol. The van der Waals surface area contributed by atoms with Crippen molar-refractivity contribution < 1.29 is 0 Å². The van der Waals surface area contributed by atoms with Gasteiger partial charge >= 0.3 is 0 Å². The van der Waals surface area contributed by atoms with E-state index in [4.69, 9.17) is 5.73 Å². The zero-order valence-corrected chi connectivity index (χ0v) is 12.8. The number of hydrogen-bond donors (Lipinski definition) is 2. The van der Waals surface area contributed by atoms with Crippen molar-refractivity contribution in [2.75, 3.05) is 11.1 Å². The molecule has 0 radical (unpaired) electrons. The monoisotopic (exact) mass is 299 g/mol. The van der Waals surface area contributed by atoms with Gasteiger partial charge in [-0.3, -0.25) is 0 Å². The van der Waals surface area contributed by atoms with Gasteiger partial charge in [-0.25, -0.2) is 15.0 Å². The lowest BCUT2D eigenvalue weighted by Crippen LogP contribution is -2.10. The van der Waals surface area contributed by atoms with Gasteiger partial charge in [0.15, 0.2) is 11.6 Å². The molecule has 0 saturated carbocycles. The van der Waals surface area contributed by atoms with Gasteiger partial charge in [0.2, 0.25) is 0 Å². The fraction of sp³-hybridized carbons (Fsp3) is 0.267. The molecule has 5 nitrogen and oxygen atoms in total. The summed E-state index contributed by atoms with van der Waals surface area (Å²) < 4.78 is 0. The van der Waals surface area contributed by atoms with Crippen molar-refractivity contribution in [2.45, 2.75) is 26.3 Å². The fourth-order valence-corrected chi connectivity index (χ4v) is 2.93. The molecule has 0 saturated heterocycles. The summed E-state index contributed by atoms with van der Waals surface area (Å²) >= 11 is 1.71. The van der Waals surface area contributed by atoms with Crippen LogP contribution in [0.15, 0.2) is 30.5 Å². The molecule has 1 aromatic carbocycles. The third kappa shape index (κ3) is 2.80. The lowest BCUT2D eigenvalue weighted by atomic mass is 10.3. The lowest BCUT2D eigenvalue weighted by Gasteiger charge is -2.13. The Morgan fingerprint density at radius 3 is 2.62 bits per heavy atom. The minimum Gasteiger partial charge on any atom is -0.381 e. The highest BCUT2D eigenvalue weighted by Crippen LogP contribution is 2.26. The van der Waals surface area contributed by atoms with E-state index in [1.54, 1.807) is 11.3 Å². The number of fused-ring (bicyclic) bond motifs is 1. The largest absolute Gasteiger partial charge is 0.381 e. The van der Waals surface area contributed by atoms with E-state index in [1.165, 1.54) is 4.88 Å². The van der Waals surface area contributed by atoms with Gasteiger partial charge in [0.1, 0.15) is 5.01 Å². The van der Waals surface area contributed by atoms with Crippen LogP contribution in [-0.2, 0) is 6.42 Å². The van der Waals surface area contributed by atoms with Gasteiger partial charge in [-0.1, -0.05) is 19.1 Å². The molecule has 0 aliphatic rings. The molecule has 0 aliphatic carbocycles. The fourth-order valence-electron chi connectivity index (χ4n) is 2.07. The Bertz CT molecular complexity index is 768.